The second kappa shape index (κ2) is 7.92. The molecular formula is C26H21FN4O2S. The molecule has 1 aliphatic heterocycles. The van der Waals surface area contributed by atoms with Crippen LogP contribution in [0.1, 0.15) is 17.8 Å². The van der Waals surface area contributed by atoms with Gasteiger partial charge in [0.05, 0.1) is 17.1 Å². The molecule has 8 heteroatoms. The van der Waals surface area contributed by atoms with Crippen molar-refractivity contribution in [3.63, 3.8) is 0 Å². The highest BCUT2D eigenvalue weighted by Gasteiger charge is 2.24. The summed E-state index contributed by atoms with van der Waals surface area (Å²) in [5.41, 5.74) is 5.14. The van der Waals surface area contributed by atoms with Gasteiger partial charge >= 0.3 is 0 Å². The van der Waals surface area contributed by atoms with Crippen LogP contribution in [-0.2, 0) is 28.6 Å². The standard InChI is InChI=1S/C26H21FN4O2S/c27-21-7-1-2-8-22(21)34(32,33)17-18-5-3-6-19(15-18)25-26(31-13-4-9-24(31)29-25)20-10-11-23-28-12-14-30(23)16-20/h1-3,5-8,10-12,14-16H,4,9,13,17H2. The van der Waals surface area contributed by atoms with E-state index in [2.05, 4.69) is 9.55 Å². The Labute approximate surface area is 196 Å². The number of aromatic nitrogens is 4. The lowest BCUT2D eigenvalue weighted by Crippen LogP contribution is -2.07. The molecule has 6 nitrogen and oxygen atoms in total. The van der Waals surface area contributed by atoms with Gasteiger partial charge < -0.3 is 8.97 Å². The number of nitrogens with zero attached hydrogens (tertiary/aromatic N) is 4. The minimum absolute atomic E-state index is 0.282. The minimum atomic E-state index is -3.83. The zero-order valence-corrected chi connectivity index (χ0v) is 19.0. The number of rotatable bonds is 5. The molecule has 0 saturated heterocycles. The number of halogens is 1. The monoisotopic (exact) mass is 472 g/mol. The molecule has 0 saturated carbocycles. The van der Waals surface area contributed by atoms with E-state index in [9.17, 15) is 12.8 Å². The molecule has 3 aromatic heterocycles. The number of imidazole rings is 2. The third kappa shape index (κ3) is 3.51. The average molecular weight is 473 g/mol. The molecule has 0 atom stereocenters. The molecule has 6 rings (SSSR count). The van der Waals surface area contributed by atoms with Crippen LogP contribution < -0.4 is 0 Å². The van der Waals surface area contributed by atoms with Gasteiger partial charge in [-0.05, 0) is 42.3 Å². The number of hydrogen-bond acceptors (Lipinski definition) is 4. The first kappa shape index (κ1) is 20.8. The maximum Gasteiger partial charge on any atom is 0.185 e. The Morgan fingerprint density at radius 3 is 2.76 bits per heavy atom. The summed E-state index contributed by atoms with van der Waals surface area (Å²) in [4.78, 5) is 8.99. The van der Waals surface area contributed by atoms with Gasteiger partial charge in [-0.15, -0.1) is 0 Å². The quantitative estimate of drug-likeness (QED) is 0.364. The normalized spacial score (nSPS) is 13.4. The first-order valence-electron chi connectivity index (χ1n) is 11.1. The molecule has 5 aromatic rings. The van der Waals surface area contributed by atoms with Gasteiger partial charge in [-0.1, -0.05) is 30.3 Å². The summed E-state index contributed by atoms with van der Waals surface area (Å²) in [6.45, 7) is 0.890. The van der Waals surface area contributed by atoms with Crippen LogP contribution in [0.5, 0.6) is 0 Å². The van der Waals surface area contributed by atoms with Crippen molar-refractivity contribution in [1.29, 1.82) is 0 Å². The van der Waals surface area contributed by atoms with Crippen molar-refractivity contribution in [2.45, 2.75) is 30.0 Å². The zero-order chi connectivity index (χ0) is 23.3. The number of hydrogen-bond donors (Lipinski definition) is 0. The number of pyridine rings is 1. The van der Waals surface area contributed by atoms with Crippen LogP contribution in [0.4, 0.5) is 4.39 Å². The van der Waals surface area contributed by atoms with E-state index in [-0.39, 0.29) is 10.6 Å². The van der Waals surface area contributed by atoms with Gasteiger partial charge in [-0.3, -0.25) is 0 Å². The second-order valence-corrected chi connectivity index (χ2v) is 10.4. The van der Waals surface area contributed by atoms with Crippen LogP contribution in [0.15, 0.2) is 84.1 Å². The first-order valence-corrected chi connectivity index (χ1v) is 12.7. The van der Waals surface area contributed by atoms with Crippen molar-refractivity contribution >= 4 is 15.5 Å². The predicted octanol–water partition coefficient (Wildman–Crippen LogP) is 4.92. The maximum absolute atomic E-state index is 14.2. The fraction of sp³-hybridized carbons (Fsp3) is 0.154. The molecule has 0 spiro atoms. The fourth-order valence-electron chi connectivity index (χ4n) is 4.68. The first-order chi connectivity index (χ1) is 16.5. The molecule has 1 aliphatic rings. The summed E-state index contributed by atoms with van der Waals surface area (Å²) in [5, 5.41) is 0. The van der Waals surface area contributed by atoms with E-state index >= 15 is 0 Å². The van der Waals surface area contributed by atoms with Crippen molar-refractivity contribution in [3.8, 4) is 22.5 Å². The smallest absolute Gasteiger partial charge is 0.185 e. The molecule has 2 aromatic carbocycles. The summed E-state index contributed by atoms with van der Waals surface area (Å²) in [6.07, 6.45) is 7.67. The molecule has 0 aliphatic carbocycles. The van der Waals surface area contributed by atoms with Crippen LogP contribution >= 0.6 is 0 Å². The predicted molar refractivity (Wildman–Crippen MR) is 127 cm³/mol. The fourth-order valence-corrected chi connectivity index (χ4v) is 6.11. The highest BCUT2D eigenvalue weighted by molar-refractivity contribution is 7.90. The Morgan fingerprint density at radius 1 is 1.00 bits per heavy atom. The summed E-state index contributed by atoms with van der Waals surface area (Å²) in [6, 6.07) is 16.9. The number of sulfone groups is 1. The lowest BCUT2D eigenvalue weighted by Gasteiger charge is -2.11. The molecular weight excluding hydrogens is 451 g/mol. The SMILES string of the molecule is O=S(=O)(Cc1cccc(-c2nc3n(c2-c2ccc4nccn4c2)CCC3)c1)c1ccccc1F. The molecule has 0 fully saturated rings. The molecule has 0 amide bonds. The Bertz CT molecular complexity index is 1650. The van der Waals surface area contributed by atoms with Gasteiger partial charge in [0.2, 0.25) is 0 Å². The van der Waals surface area contributed by atoms with Crippen molar-refractivity contribution in [1.82, 2.24) is 18.9 Å². The summed E-state index contributed by atoms with van der Waals surface area (Å²) in [7, 11) is -3.83. The Balaban J connectivity index is 1.43. The highest BCUT2D eigenvalue weighted by atomic mass is 32.2. The van der Waals surface area contributed by atoms with Gasteiger partial charge in [-0.25, -0.2) is 22.8 Å². The van der Waals surface area contributed by atoms with Gasteiger partial charge in [0.15, 0.2) is 9.84 Å². The van der Waals surface area contributed by atoms with Gasteiger partial charge in [0.25, 0.3) is 0 Å². The van der Waals surface area contributed by atoms with E-state index < -0.39 is 15.7 Å². The van der Waals surface area contributed by atoms with Gasteiger partial charge in [0.1, 0.15) is 22.2 Å². The molecule has 0 N–H and O–H groups in total. The summed E-state index contributed by atoms with van der Waals surface area (Å²) < 4.78 is 44.2. The Kier molecular flexibility index (Phi) is 4.84. The minimum Gasteiger partial charge on any atom is -0.327 e. The zero-order valence-electron chi connectivity index (χ0n) is 18.2. The van der Waals surface area contributed by atoms with Crippen LogP contribution in [0, 0.1) is 5.82 Å². The molecule has 0 unspecified atom stereocenters. The average Bonchev–Trinajstić information content (AvgIpc) is 3.54. The third-order valence-electron chi connectivity index (χ3n) is 6.22. The molecule has 0 bridgehead atoms. The van der Waals surface area contributed by atoms with Crippen molar-refractivity contribution < 1.29 is 12.8 Å². The maximum atomic E-state index is 14.2. The summed E-state index contributed by atoms with van der Waals surface area (Å²) >= 11 is 0. The van der Waals surface area contributed by atoms with Crippen molar-refractivity contribution in [3.05, 3.63) is 96.5 Å². The van der Waals surface area contributed by atoms with E-state index in [0.29, 0.717) is 5.56 Å². The van der Waals surface area contributed by atoms with Crippen LogP contribution in [0.25, 0.3) is 28.2 Å². The Hall–Kier alpha value is -3.78. The van der Waals surface area contributed by atoms with E-state index in [1.165, 1.54) is 24.3 Å². The molecule has 0 radical (unpaired) electrons. The van der Waals surface area contributed by atoms with Gasteiger partial charge in [-0.2, -0.15) is 0 Å². The van der Waals surface area contributed by atoms with E-state index in [4.69, 9.17) is 4.98 Å². The van der Waals surface area contributed by atoms with E-state index in [1.807, 2.05) is 47.1 Å². The number of fused-ring (bicyclic) bond motifs is 2. The highest BCUT2D eigenvalue weighted by Crippen LogP contribution is 2.36. The third-order valence-corrected chi connectivity index (χ3v) is 7.93. The molecule has 4 heterocycles. The van der Waals surface area contributed by atoms with Crippen molar-refractivity contribution in [2.75, 3.05) is 0 Å². The van der Waals surface area contributed by atoms with Crippen LogP contribution in [0.3, 0.4) is 0 Å². The molecule has 170 valence electrons. The lowest BCUT2D eigenvalue weighted by molar-refractivity contribution is 0.566. The van der Waals surface area contributed by atoms with Crippen LogP contribution in [-0.4, -0.2) is 27.4 Å². The molecule has 34 heavy (non-hydrogen) atoms. The number of benzene rings is 2. The topological polar surface area (TPSA) is 69.3 Å². The summed E-state index contributed by atoms with van der Waals surface area (Å²) in [5.74, 6) is 0.00698. The van der Waals surface area contributed by atoms with E-state index in [0.717, 1.165) is 53.4 Å². The second-order valence-electron chi connectivity index (χ2n) is 8.48. The van der Waals surface area contributed by atoms with Crippen LogP contribution in [0.2, 0.25) is 0 Å². The largest absolute Gasteiger partial charge is 0.327 e. The van der Waals surface area contributed by atoms with Gasteiger partial charge in [0, 0.05) is 42.7 Å². The number of aryl methyl sites for hydroxylation is 1. The lowest BCUT2D eigenvalue weighted by atomic mass is 10.0. The Morgan fingerprint density at radius 2 is 1.88 bits per heavy atom. The van der Waals surface area contributed by atoms with Crippen molar-refractivity contribution in [2.24, 2.45) is 0 Å². The van der Waals surface area contributed by atoms with E-state index in [1.54, 1.807) is 12.3 Å².